The van der Waals surface area contributed by atoms with Crippen molar-refractivity contribution in [2.45, 2.75) is 31.9 Å². The average Bonchev–Trinajstić information content (AvgIpc) is 2.70. The van der Waals surface area contributed by atoms with Gasteiger partial charge >= 0.3 is 0 Å². The molecule has 3 nitrogen and oxygen atoms in total. The molecular formula is C14H20ClNO2S. The molecule has 1 aliphatic rings. The zero-order valence-corrected chi connectivity index (χ0v) is 13.0. The van der Waals surface area contributed by atoms with Gasteiger partial charge in [-0.2, -0.15) is 0 Å². The number of alkyl halides is 1. The van der Waals surface area contributed by atoms with Crippen molar-refractivity contribution in [3.63, 3.8) is 0 Å². The van der Waals surface area contributed by atoms with Gasteiger partial charge in [-0.1, -0.05) is 38.1 Å². The quantitative estimate of drug-likeness (QED) is 0.802. The van der Waals surface area contributed by atoms with Crippen molar-refractivity contribution in [3.05, 3.63) is 35.4 Å². The Hall–Kier alpha value is -0.580. The van der Waals surface area contributed by atoms with Crippen LogP contribution in [0.2, 0.25) is 0 Å². The number of hydrogen-bond acceptors (Lipinski definition) is 2. The van der Waals surface area contributed by atoms with Crippen LogP contribution in [0.25, 0.3) is 0 Å². The van der Waals surface area contributed by atoms with Crippen molar-refractivity contribution >= 4 is 21.6 Å². The predicted molar refractivity (Wildman–Crippen MR) is 78.6 cm³/mol. The summed E-state index contributed by atoms with van der Waals surface area (Å²) in [5, 5.41) is 0. The summed E-state index contributed by atoms with van der Waals surface area (Å²) in [4.78, 5) is 0. The van der Waals surface area contributed by atoms with Crippen LogP contribution in [0.3, 0.4) is 0 Å². The first-order valence-corrected chi connectivity index (χ1v) is 8.58. The first-order valence-electron chi connectivity index (χ1n) is 6.44. The SMILES string of the molecule is CC1(C)CCN(S(=O)(=O)Cc2cccc(CCl)c2)C1. The van der Waals surface area contributed by atoms with Gasteiger partial charge in [0.2, 0.25) is 10.0 Å². The Morgan fingerprint density at radius 1 is 1.32 bits per heavy atom. The van der Waals surface area contributed by atoms with E-state index in [0.29, 0.717) is 19.0 Å². The Balaban J connectivity index is 2.13. The van der Waals surface area contributed by atoms with Crippen LogP contribution in [0.4, 0.5) is 0 Å². The predicted octanol–water partition coefficient (Wildman–Crippen LogP) is 2.99. The summed E-state index contributed by atoms with van der Waals surface area (Å²) in [7, 11) is -3.22. The van der Waals surface area contributed by atoms with Crippen LogP contribution in [0, 0.1) is 5.41 Å². The van der Waals surface area contributed by atoms with E-state index >= 15 is 0 Å². The zero-order chi connectivity index (χ0) is 14.1. The van der Waals surface area contributed by atoms with E-state index in [0.717, 1.165) is 17.5 Å². The number of benzene rings is 1. The highest BCUT2D eigenvalue weighted by Crippen LogP contribution is 2.31. The molecule has 0 amide bonds. The monoisotopic (exact) mass is 301 g/mol. The summed E-state index contributed by atoms with van der Waals surface area (Å²) in [5.41, 5.74) is 1.85. The maximum Gasteiger partial charge on any atom is 0.218 e. The van der Waals surface area contributed by atoms with E-state index in [4.69, 9.17) is 11.6 Å². The third-order valence-electron chi connectivity index (χ3n) is 3.53. The molecule has 0 bridgehead atoms. The van der Waals surface area contributed by atoms with Gasteiger partial charge in [-0.25, -0.2) is 12.7 Å². The van der Waals surface area contributed by atoms with Crippen LogP contribution in [0.1, 0.15) is 31.4 Å². The van der Waals surface area contributed by atoms with Crippen LogP contribution < -0.4 is 0 Å². The van der Waals surface area contributed by atoms with E-state index in [2.05, 4.69) is 13.8 Å². The van der Waals surface area contributed by atoms with Gasteiger partial charge in [0.05, 0.1) is 5.75 Å². The van der Waals surface area contributed by atoms with Gasteiger partial charge in [-0.15, -0.1) is 11.6 Å². The van der Waals surface area contributed by atoms with E-state index in [1.165, 1.54) is 0 Å². The maximum atomic E-state index is 12.4. The summed E-state index contributed by atoms with van der Waals surface area (Å²) in [6.45, 7) is 5.46. The summed E-state index contributed by atoms with van der Waals surface area (Å²) in [6.07, 6.45) is 0.925. The number of sulfonamides is 1. The molecule has 1 aromatic carbocycles. The summed E-state index contributed by atoms with van der Waals surface area (Å²) >= 11 is 5.77. The molecule has 0 unspecified atom stereocenters. The molecule has 0 spiro atoms. The molecule has 0 aliphatic carbocycles. The number of rotatable bonds is 4. The molecule has 1 aromatic rings. The van der Waals surface area contributed by atoms with Crippen molar-refractivity contribution in [2.24, 2.45) is 5.41 Å². The second-order valence-corrected chi connectivity index (χ2v) is 8.19. The highest BCUT2D eigenvalue weighted by atomic mass is 35.5. The van der Waals surface area contributed by atoms with Crippen LogP contribution in [0.5, 0.6) is 0 Å². The first-order chi connectivity index (χ1) is 8.82. The third-order valence-corrected chi connectivity index (χ3v) is 5.64. The topological polar surface area (TPSA) is 37.4 Å². The van der Waals surface area contributed by atoms with Gasteiger partial charge in [0.1, 0.15) is 0 Å². The molecule has 0 atom stereocenters. The molecule has 1 saturated heterocycles. The van der Waals surface area contributed by atoms with E-state index in [1.54, 1.807) is 4.31 Å². The van der Waals surface area contributed by atoms with Crippen LogP contribution in [-0.4, -0.2) is 25.8 Å². The number of nitrogens with zero attached hydrogens (tertiary/aromatic N) is 1. The lowest BCUT2D eigenvalue weighted by Crippen LogP contribution is -2.31. The fourth-order valence-electron chi connectivity index (χ4n) is 2.40. The fourth-order valence-corrected chi connectivity index (χ4v) is 4.27. The number of hydrogen-bond donors (Lipinski definition) is 0. The molecule has 1 fully saturated rings. The highest BCUT2D eigenvalue weighted by Gasteiger charge is 2.35. The lowest BCUT2D eigenvalue weighted by molar-refractivity contribution is 0.375. The molecule has 1 heterocycles. The average molecular weight is 302 g/mol. The minimum absolute atomic E-state index is 0.0633. The van der Waals surface area contributed by atoms with Gasteiger partial charge in [0.15, 0.2) is 0 Å². The van der Waals surface area contributed by atoms with Crippen molar-refractivity contribution in [2.75, 3.05) is 13.1 Å². The smallest absolute Gasteiger partial charge is 0.212 e. The molecule has 1 aliphatic heterocycles. The van der Waals surface area contributed by atoms with E-state index in [-0.39, 0.29) is 11.2 Å². The van der Waals surface area contributed by atoms with Crippen molar-refractivity contribution in [1.82, 2.24) is 4.31 Å². The van der Waals surface area contributed by atoms with Crippen molar-refractivity contribution in [1.29, 1.82) is 0 Å². The van der Waals surface area contributed by atoms with E-state index < -0.39 is 10.0 Å². The van der Waals surface area contributed by atoms with Gasteiger partial charge in [0.25, 0.3) is 0 Å². The number of halogens is 1. The van der Waals surface area contributed by atoms with E-state index in [9.17, 15) is 8.42 Å². The molecule has 0 aromatic heterocycles. The van der Waals surface area contributed by atoms with E-state index in [1.807, 2.05) is 24.3 Å². The second-order valence-electron chi connectivity index (χ2n) is 5.96. The lowest BCUT2D eigenvalue weighted by Gasteiger charge is -2.19. The minimum Gasteiger partial charge on any atom is -0.212 e. The summed E-state index contributed by atoms with van der Waals surface area (Å²) in [5.74, 6) is 0.471. The first kappa shape index (κ1) is 14.8. The summed E-state index contributed by atoms with van der Waals surface area (Å²) < 4.78 is 26.4. The largest absolute Gasteiger partial charge is 0.218 e. The Bertz CT molecular complexity index is 554. The lowest BCUT2D eigenvalue weighted by atomic mass is 9.93. The fraction of sp³-hybridized carbons (Fsp3) is 0.571. The Labute approximate surface area is 120 Å². The molecule has 0 radical (unpaired) electrons. The van der Waals surface area contributed by atoms with Crippen molar-refractivity contribution < 1.29 is 8.42 Å². The van der Waals surface area contributed by atoms with Crippen LogP contribution in [0.15, 0.2) is 24.3 Å². The maximum absolute atomic E-state index is 12.4. The molecule has 0 N–H and O–H groups in total. The third kappa shape index (κ3) is 3.71. The Morgan fingerprint density at radius 2 is 2.00 bits per heavy atom. The Kier molecular flexibility index (Phi) is 4.23. The van der Waals surface area contributed by atoms with Gasteiger partial charge in [-0.3, -0.25) is 0 Å². The van der Waals surface area contributed by atoms with Gasteiger partial charge < -0.3 is 0 Å². The van der Waals surface area contributed by atoms with Crippen LogP contribution >= 0.6 is 11.6 Å². The van der Waals surface area contributed by atoms with Crippen LogP contribution in [-0.2, 0) is 21.7 Å². The Morgan fingerprint density at radius 3 is 2.58 bits per heavy atom. The molecular weight excluding hydrogens is 282 g/mol. The van der Waals surface area contributed by atoms with Crippen molar-refractivity contribution in [3.8, 4) is 0 Å². The molecule has 106 valence electrons. The molecule has 0 saturated carbocycles. The van der Waals surface area contributed by atoms with Gasteiger partial charge in [-0.05, 0) is 23.0 Å². The highest BCUT2D eigenvalue weighted by molar-refractivity contribution is 7.88. The summed E-state index contributed by atoms with van der Waals surface area (Å²) in [6, 6.07) is 7.47. The normalized spacial score (nSPS) is 19.7. The minimum atomic E-state index is -3.22. The molecule has 5 heteroatoms. The molecule has 19 heavy (non-hydrogen) atoms. The van der Waals surface area contributed by atoms with Gasteiger partial charge in [0, 0.05) is 19.0 Å². The standard InChI is InChI=1S/C14H20ClNO2S/c1-14(2)6-7-16(11-14)19(17,18)10-13-5-3-4-12(8-13)9-15/h3-5,8H,6-7,9-11H2,1-2H3. The molecule has 2 rings (SSSR count). The second kappa shape index (κ2) is 5.43. The zero-order valence-electron chi connectivity index (χ0n) is 11.4.